The number of hydrogen-bond acceptors (Lipinski definition) is 13. The van der Waals surface area contributed by atoms with Crippen LogP contribution in [0.3, 0.4) is 0 Å². The number of pyridine rings is 2. The van der Waals surface area contributed by atoms with Gasteiger partial charge in [-0.1, -0.05) is 32.9 Å². The van der Waals surface area contributed by atoms with Crippen molar-refractivity contribution in [2.75, 3.05) is 31.6 Å². The molecule has 2 aromatic heterocycles. The molecule has 0 aliphatic heterocycles. The molecule has 0 aliphatic carbocycles. The second-order valence-electron chi connectivity index (χ2n) is 15.7. The Morgan fingerprint density at radius 2 is 1.49 bits per heavy atom. The largest absolute Gasteiger partial charge is 0.534 e. The van der Waals surface area contributed by atoms with Crippen LogP contribution in [0, 0.1) is 5.41 Å². The highest BCUT2D eigenvalue weighted by Crippen LogP contribution is 2.34. The zero-order chi connectivity index (χ0) is 44.9. The number of alkyl halides is 3. The molecule has 2 heterocycles. The Hall–Kier alpha value is -6.47. The van der Waals surface area contributed by atoms with E-state index in [0.29, 0.717) is 34.6 Å². The van der Waals surface area contributed by atoms with E-state index in [2.05, 4.69) is 30.3 Å². The topological polar surface area (TPSA) is 193 Å². The molecule has 5 rings (SSSR count). The first kappa shape index (κ1) is 45.6. The number of nitrogens with one attached hydrogen (secondary N) is 3. The number of methoxy groups -OCH3 is 2. The lowest BCUT2D eigenvalue weighted by atomic mass is 9.94. The van der Waals surface area contributed by atoms with Crippen LogP contribution in [-0.2, 0) is 26.3 Å². The molecule has 0 fully saturated rings. The molecule has 0 atom stereocenters. The van der Waals surface area contributed by atoms with Gasteiger partial charge in [-0.25, -0.2) is 20.2 Å². The fraction of sp³-hybridized carbons (Fsp3) is 0.310. The number of aromatic nitrogens is 2. The highest BCUT2D eigenvalue weighted by molar-refractivity contribution is 7.87. The third kappa shape index (κ3) is 11.6. The highest BCUT2D eigenvalue weighted by Gasteiger charge is 2.49. The average Bonchev–Trinajstić information content (AvgIpc) is 3.18. The molecule has 0 bridgehead atoms. The maximum Gasteiger partial charge on any atom is 0.534 e. The predicted octanol–water partition coefficient (Wildman–Crippen LogP) is 8.07. The number of halogens is 3. The Morgan fingerprint density at radius 1 is 0.787 bits per heavy atom. The second-order valence-corrected chi connectivity index (χ2v) is 17.2. The maximum absolute atomic E-state index is 14.1. The number of amides is 2. The van der Waals surface area contributed by atoms with Crippen molar-refractivity contribution in [3.63, 3.8) is 0 Å². The second kappa shape index (κ2) is 18.0. The van der Waals surface area contributed by atoms with Gasteiger partial charge in [0, 0.05) is 41.0 Å². The van der Waals surface area contributed by atoms with Crippen molar-refractivity contribution in [3.8, 4) is 28.5 Å². The van der Waals surface area contributed by atoms with Crippen molar-refractivity contribution in [1.82, 2.24) is 15.3 Å². The Morgan fingerprint density at radius 3 is 2.15 bits per heavy atom. The number of hydrogen-bond donors (Lipinski definition) is 3. The van der Waals surface area contributed by atoms with Gasteiger partial charge in [0.2, 0.25) is 5.88 Å². The van der Waals surface area contributed by atoms with Gasteiger partial charge in [-0.15, -0.1) is 0 Å². The molecule has 324 valence electrons. The molecule has 2 amide bonds. The van der Waals surface area contributed by atoms with Crippen molar-refractivity contribution < 1.29 is 59.2 Å². The molecular formula is C42H44F3N5O10S. The van der Waals surface area contributed by atoms with Gasteiger partial charge in [-0.3, -0.25) is 14.4 Å². The van der Waals surface area contributed by atoms with Crippen molar-refractivity contribution in [2.24, 2.45) is 5.41 Å². The summed E-state index contributed by atoms with van der Waals surface area (Å²) in [5.74, 6) is -2.13. The number of carbonyl (C=O) groups excluding carboxylic acids is 3. The average molecular weight is 868 g/mol. The Labute approximate surface area is 350 Å². The first-order valence-corrected chi connectivity index (χ1v) is 19.9. The van der Waals surface area contributed by atoms with Crippen LogP contribution >= 0.6 is 0 Å². The van der Waals surface area contributed by atoms with Crippen molar-refractivity contribution in [1.29, 1.82) is 0 Å². The lowest BCUT2D eigenvalue weighted by molar-refractivity contribution is -0.0501. The quantitative estimate of drug-likeness (QED) is 0.0420. The number of anilines is 2. The summed E-state index contributed by atoms with van der Waals surface area (Å²) in [5.41, 5.74) is -4.26. The fourth-order valence-electron chi connectivity index (χ4n) is 5.59. The lowest BCUT2D eigenvalue weighted by Gasteiger charge is -2.22. The predicted molar refractivity (Wildman–Crippen MR) is 220 cm³/mol. The zero-order valence-corrected chi connectivity index (χ0v) is 35.3. The number of rotatable bonds is 14. The summed E-state index contributed by atoms with van der Waals surface area (Å²) in [6, 6.07) is 17.5. The number of ether oxygens (including phenoxy) is 3. The summed E-state index contributed by atoms with van der Waals surface area (Å²) in [4.78, 5) is 54.9. The summed E-state index contributed by atoms with van der Waals surface area (Å²) >= 11 is 0. The minimum Gasteiger partial charge on any atom is -0.493 e. The van der Waals surface area contributed by atoms with Crippen molar-refractivity contribution in [3.05, 3.63) is 101 Å². The SMILES string of the molecule is COc1ccc(CONc2nccc3cc(NC(=O)c4nc(OS(=O)(=O)C(F)(F)F)ccc4-c4ccc(C(=O)NCC(C)(C)C)cc4C(=O)OC(C)(C)C)ccc23)cc1OC. The molecule has 0 saturated carbocycles. The molecular weight excluding hydrogens is 824 g/mol. The minimum atomic E-state index is -6.21. The van der Waals surface area contributed by atoms with Crippen LogP contribution in [0.5, 0.6) is 17.4 Å². The summed E-state index contributed by atoms with van der Waals surface area (Å²) in [6.07, 6.45) is 1.49. The van der Waals surface area contributed by atoms with Gasteiger partial charge >= 0.3 is 21.6 Å². The van der Waals surface area contributed by atoms with E-state index in [1.807, 2.05) is 20.8 Å². The molecule has 61 heavy (non-hydrogen) atoms. The smallest absolute Gasteiger partial charge is 0.493 e. The summed E-state index contributed by atoms with van der Waals surface area (Å²) < 4.78 is 84.4. The lowest BCUT2D eigenvalue weighted by Crippen LogP contribution is -2.32. The maximum atomic E-state index is 14.1. The van der Waals surface area contributed by atoms with E-state index in [0.717, 1.165) is 17.7 Å². The molecule has 5 aromatic rings. The third-order valence-corrected chi connectivity index (χ3v) is 9.37. The monoisotopic (exact) mass is 867 g/mol. The van der Waals surface area contributed by atoms with E-state index < -0.39 is 50.6 Å². The Kier molecular flexibility index (Phi) is 13.5. The molecule has 0 spiro atoms. The third-order valence-electron chi connectivity index (χ3n) is 8.41. The van der Waals surface area contributed by atoms with Crippen LogP contribution < -0.4 is 29.8 Å². The van der Waals surface area contributed by atoms with Crippen LogP contribution in [0.2, 0.25) is 0 Å². The number of benzene rings is 3. The molecule has 0 unspecified atom stereocenters. The molecule has 19 heteroatoms. The Balaban J connectivity index is 1.51. The number of nitrogens with zero attached hydrogens (tertiary/aromatic N) is 2. The summed E-state index contributed by atoms with van der Waals surface area (Å²) in [6.45, 7) is 11.0. The van der Waals surface area contributed by atoms with Gasteiger partial charge in [0.15, 0.2) is 17.3 Å². The van der Waals surface area contributed by atoms with E-state index in [-0.39, 0.29) is 40.0 Å². The van der Waals surface area contributed by atoms with Crippen LogP contribution in [-0.4, -0.2) is 68.0 Å². The van der Waals surface area contributed by atoms with Gasteiger partial charge in [0.25, 0.3) is 11.8 Å². The van der Waals surface area contributed by atoms with Crippen LogP contribution in [0.1, 0.15) is 78.3 Å². The molecule has 15 nitrogen and oxygen atoms in total. The zero-order valence-electron chi connectivity index (χ0n) is 34.4. The fourth-order valence-corrected chi connectivity index (χ4v) is 6.01. The highest BCUT2D eigenvalue weighted by atomic mass is 32.2. The van der Waals surface area contributed by atoms with Crippen LogP contribution in [0.25, 0.3) is 21.9 Å². The number of esters is 1. The standard InChI is InChI=1S/C42H44F3N5O10S/c1-40(2,3)23-47-37(51)26-10-12-29(31(21-26)39(53)59-41(4,5)6)30-14-16-34(60-61(54,55)42(43,44)45)49-35(30)38(52)48-27-11-13-28-25(20-27)17-18-46-36(28)50-58-22-24-9-15-32(56-7)33(19-24)57-8/h9-21H,22-23H2,1-8H3,(H,46,50)(H,47,51)(H,48,52). The molecule has 3 aromatic carbocycles. The Bertz CT molecular complexity index is 2570. The number of carbonyl (C=O) groups is 3. The van der Waals surface area contributed by atoms with Gasteiger partial charge in [-0.05, 0) is 97.3 Å². The van der Waals surface area contributed by atoms with E-state index in [9.17, 15) is 36.0 Å². The molecule has 0 saturated heterocycles. The van der Waals surface area contributed by atoms with Gasteiger partial charge < -0.3 is 29.0 Å². The van der Waals surface area contributed by atoms with Gasteiger partial charge in [0.1, 0.15) is 11.3 Å². The van der Waals surface area contributed by atoms with Crippen molar-refractivity contribution >= 4 is 50.2 Å². The van der Waals surface area contributed by atoms with Gasteiger partial charge in [0.05, 0.1) is 26.4 Å². The minimum absolute atomic E-state index is 0.0158. The number of fused-ring (bicyclic) bond motifs is 1. The normalized spacial score (nSPS) is 12.0. The molecule has 0 radical (unpaired) electrons. The van der Waals surface area contributed by atoms with Gasteiger partial charge in [-0.2, -0.15) is 21.6 Å². The summed E-state index contributed by atoms with van der Waals surface area (Å²) in [5, 5.41) is 6.57. The molecule has 0 aliphatic rings. The van der Waals surface area contributed by atoms with E-state index in [1.54, 1.807) is 57.2 Å². The summed E-state index contributed by atoms with van der Waals surface area (Å²) in [7, 11) is -3.16. The van der Waals surface area contributed by atoms with E-state index in [4.69, 9.17) is 19.0 Å². The molecule has 3 N–H and O–H groups in total. The van der Waals surface area contributed by atoms with Crippen molar-refractivity contribution in [2.45, 2.75) is 59.3 Å². The van der Waals surface area contributed by atoms with E-state index in [1.165, 1.54) is 44.7 Å². The first-order chi connectivity index (χ1) is 28.5. The van der Waals surface area contributed by atoms with E-state index >= 15 is 0 Å². The first-order valence-electron chi connectivity index (χ1n) is 18.4. The van der Waals surface area contributed by atoms with Crippen LogP contribution in [0.15, 0.2) is 79.0 Å². The van der Waals surface area contributed by atoms with Crippen LogP contribution in [0.4, 0.5) is 24.7 Å².